The van der Waals surface area contributed by atoms with Crippen LogP contribution in [0.15, 0.2) is 6.20 Å². The fourth-order valence-electron chi connectivity index (χ4n) is 0.928. The van der Waals surface area contributed by atoms with Gasteiger partial charge in [-0.1, -0.05) is 0 Å². The molecule has 0 aliphatic carbocycles. The molecule has 0 spiro atoms. The summed E-state index contributed by atoms with van der Waals surface area (Å²) in [7, 11) is 2.82. The molecule has 0 aliphatic heterocycles. The molecule has 0 saturated carbocycles. The summed E-state index contributed by atoms with van der Waals surface area (Å²) < 4.78 is 9.79. The zero-order chi connectivity index (χ0) is 12.8. The van der Waals surface area contributed by atoms with Crippen molar-refractivity contribution in [1.82, 2.24) is 15.3 Å². The molecule has 0 aliphatic rings. The van der Waals surface area contributed by atoms with Gasteiger partial charge < -0.3 is 19.9 Å². The van der Waals surface area contributed by atoms with E-state index >= 15 is 0 Å². The van der Waals surface area contributed by atoms with Crippen LogP contribution in [0.3, 0.4) is 0 Å². The number of carboxylic acid groups (broad SMARTS) is 1. The van der Waals surface area contributed by atoms with E-state index in [0.29, 0.717) is 5.75 Å². The summed E-state index contributed by atoms with van der Waals surface area (Å²) in [5, 5.41) is 12.8. The van der Waals surface area contributed by atoms with Crippen LogP contribution >= 0.6 is 12.2 Å². The number of amides is 1. The molecule has 17 heavy (non-hydrogen) atoms. The van der Waals surface area contributed by atoms with E-state index in [4.69, 9.17) is 26.8 Å². The predicted octanol–water partition coefficient (Wildman–Crippen LogP) is 0.458. The summed E-state index contributed by atoms with van der Waals surface area (Å²) in [5.41, 5.74) is 0. The van der Waals surface area contributed by atoms with Crippen molar-refractivity contribution in [3.63, 3.8) is 0 Å². The number of ether oxygens (including phenoxy) is 2. The highest BCUT2D eigenvalue weighted by atomic mass is 32.1. The maximum Gasteiger partial charge on any atom is 0.410 e. The van der Waals surface area contributed by atoms with E-state index in [1.165, 1.54) is 20.4 Å². The molecule has 0 saturated heterocycles. The van der Waals surface area contributed by atoms with Gasteiger partial charge in [0.2, 0.25) is 0 Å². The lowest BCUT2D eigenvalue weighted by Crippen LogP contribution is -2.33. The van der Waals surface area contributed by atoms with Gasteiger partial charge in [-0.2, -0.15) is 9.97 Å². The van der Waals surface area contributed by atoms with Gasteiger partial charge in [-0.15, -0.1) is 0 Å². The summed E-state index contributed by atoms with van der Waals surface area (Å²) in [6.45, 7) is 0. The second kappa shape index (κ2) is 5.80. The van der Waals surface area contributed by atoms with Crippen molar-refractivity contribution in [1.29, 1.82) is 0 Å². The summed E-state index contributed by atoms with van der Waals surface area (Å²) >= 11 is 4.74. The minimum Gasteiger partial charge on any atom is -0.491 e. The van der Waals surface area contributed by atoms with Crippen molar-refractivity contribution in [3.8, 4) is 11.8 Å². The number of anilines is 1. The van der Waals surface area contributed by atoms with Crippen LogP contribution in [-0.2, 0) is 0 Å². The number of carbonyl (C=O) groups is 1. The fraction of sp³-hybridized carbons (Fsp3) is 0.250. The third kappa shape index (κ3) is 3.72. The second-order valence-electron chi connectivity index (χ2n) is 2.66. The largest absolute Gasteiger partial charge is 0.491 e. The van der Waals surface area contributed by atoms with Gasteiger partial charge >= 0.3 is 12.1 Å². The molecule has 9 heteroatoms. The van der Waals surface area contributed by atoms with Gasteiger partial charge in [-0.05, 0) is 12.2 Å². The van der Waals surface area contributed by atoms with E-state index in [1.807, 2.05) is 5.32 Å². The molecule has 1 aromatic heterocycles. The van der Waals surface area contributed by atoms with Crippen LogP contribution in [0.1, 0.15) is 0 Å². The first-order valence-corrected chi connectivity index (χ1v) is 4.73. The van der Waals surface area contributed by atoms with E-state index in [9.17, 15) is 4.79 Å². The van der Waals surface area contributed by atoms with E-state index < -0.39 is 6.09 Å². The standard InChI is InChI=1S/C8H10N4O4S/c1-15-4-3-9-6(16-2)10-5(4)11-7(17)12-8(13)14/h3H,1-2H3,(H,13,14)(H2,9,10,11,12,17). The topological polar surface area (TPSA) is 106 Å². The predicted molar refractivity (Wildman–Crippen MR) is 62.5 cm³/mol. The average Bonchev–Trinajstić information content (AvgIpc) is 2.27. The number of thiocarbonyl (C=S) groups is 1. The van der Waals surface area contributed by atoms with Gasteiger partial charge in [0.1, 0.15) is 0 Å². The zero-order valence-electron chi connectivity index (χ0n) is 9.05. The Bertz CT molecular complexity index is 440. The molecule has 92 valence electrons. The third-order valence-corrected chi connectivity index (χ3v) is 1.79. The summed E-state index contributed by atoms with van der Waals surface area (Å²) in [4.78, 5) is 18.1. The van der Waals surface area contributed by atoms with E-state index in [0.717, 1.165) is 0 Å². The van der Waals surface area contributed by atoms with Crippen molar-refractivity contribution in [2.75, 3.05) is 19.5 Å². The molecule has 0 fully saturated rings. The lowest BCUT2D eigenvalue weighted by Gasteiger charge is -2.10. The third-order valence-electron chi connectivity index (χ3n) is 1.59. The number of hydrogen-bond acceptors (Lipinski definition) is 6. The number of hydrogen-bond donors (Lipinski definition) is 3. The van der Waals surface area contributed by atoms with Crippen LogP contribution in [0, 0.1) is 0 Å². The van der Waals surface area contributed by atoms with Crippen LogP contribution in [0.4, 0.5) is 10.6 Å². The summed E-state index contributed by atoms with van der Waals surface area (Å²) in [5.74, 6) is 0.512. The van der Waals surface area contributed by atoms with Gasteiger partial charge in [-0.3, -0.25) is 5.32 Å². The quantitative estimate of drug-likeness (QED) is 0.671. The molecule has 1 heterocycles. The highest BCUT2D eigenvalue weighted by molar-refractivity contribution is 7.80. The average molecular weight is 258 g/mol. The number of aromatic nitrogens is 2. The molecule has 0 radical (unpaired) electrons. The molecular formula is C8H10N4O4S. The lowest BCUT2D eigenvalue weighted by atomic mass is 10.5. The Morgan fingerprint density at radius 1 is 1.47 bits per heavy atom. The normalized spacial score (nSPS) is 9.29. The Kier molecular flexibility index (Phi) is 4.40. The smallest absolute Gasteiger partial charge is 0.410 e. The SMILES string of the molecule is COc1ncc(OC)c(NC(=S)NC(=O)O)n1. The molecule has 1 amide bonds. The maximum atomic E-state index is 10.4. The highest BCUT2D eigenvalue weighted by Crippen LogP contribution is 2.22. The summed E-state index contributed by atoms with van der Waals surface area (Å²) in [6, 6.07) is 0.103. The van der Waals surface area contributed by atoms with Crippen molar-refractivity contribution < 1.29 is 19.4 Å². The highest BCUT2D eigenvalue weighted by Gasteiger charge is 2.10. The number of nitrogens with one attached hydrogen (secondary N) is 2. The molecule has 0 unspecified atom stereocenters. The molecule has 8 nitrogen and oxygen atoms in total. The first-order valence-electron chi connectivity index (χ1n) is 4.32. The van der Waals surface area contributed by atoms with Crippen LogP contribution in [0.2, 0.25) is 0 Å². The second-order valence-corrected chi connectivity index (χ2v) is 3.07. The van der Waals surface area contributed by atoms with Crippen molar-refractivity contribution in [2.45, 2.75) is 0 Å². The number of rotatable bonds is 3. The molecule has 0 aromatic carbocycles. The van der Waals surface area contributed by atoms with Gasteiger partial charge in [0.05, 0.1) is 20.4 Å². The van der Waals surface area contributed by atoms with E-state index in [1.54, 1.807) is 0 Å². The van der Waals surface area contributed by atoms with Gasteiger partial charge in [0, 0.05) is 0 Å². The zero-order valence-corrected chi connectivity index (χ0v) is 9.87. The van der Waals surface area contributed by atoms with Gasteiger partial charge in [0.25, 0.3) is 0 Å². The first kappa shape index (κ1) is 12.9. The molecular weight excluding hydrogens is 248 g/mol. The molecule has 0 bridgehead atoms. The molecule has 0 atom stereocenters. The van der Waals surface area contributed by atoms with Crippen LogP contribution in [0.25, 0.3) is 0 Å². The Hall–Kier alpha value is -2.16. The van der Waals surface area contributed by atoms with E-state index in [2.05, 4.69) is 15.3 Å². The first-order chi connectivity index (χ1) is 8.06. The van der Waals surface area contributed by atoms with Crippen molar-refractivity contribution in [3.05, 3.63) is 6.20 Å². The van der Waals surface area contributed by atoms with Crippen LogP contribution < -0.4 is 20.1 Å². The molecule has 1 aromatic rings. The van der Waals surface area contributed by atoms with E-state index in [-0.39, 0.29) is 16.9 Å². The van der Waals surface area contributed by atoms with Gasteiger partial charge in [-0.25, -0.2) is 4.79 Å². The summed E-state index contributed by atoms with van der Waals surface area (Å²) in [6.07, 6.45) is 0.0971. The Balaban J connectivity index is 2.87. The van der Waals surface area contributed by atoms with Gasteiger partial charge in [0.15, 0.2) is 16.7 Å². The fourth-order valence-corrected chi connectivity index (χ4v) is 1.11. The Morgan fingerprint density at radius 2 is 2.18 bits per heavy atom. The molecule has 3 N–H and O–H groups in total. The number of methoxy groups -OCH3 is 2. The lowest BCUT2D eigenvalue weighted by molar-refractivity contribution is 0.200. The van der Waals surface area contributed by atoms with Crippen LogP contribution in [0.5, 0.6) is 11.8 Å². The van der Waals surface area contributed by atoms with Crippen molar-refractivity contribution in [2.24, 2.45) is 0 Å². The van der Waals surface area contributed by atoms with Crippen LogP contribution in [-0.4, -0.2) is 40.5 Å². The minimum absolute atomic E-state index is 0.103. The minimum atomic E-state index is -1.28. The number of nitrogens with zero attached hydrogens (tertiary/aromatic N) is 2. The van der Waals surface area contributed by atoms with Crippen molar-refractivity contribution >= 4 is 29.2 Å². The molecule has 1 rings (SSSR count). The Labute approximate surface area is 102 Å². The maximum absolute atomic E-state index is 10.4. The Morgan fingerprint density at radius 3 is 2.71 bits per heavy atom. The monoisotopic (exact) mass is 258 g/mol.